The molecule has 1 aromatic heterocycles. The maximum absolute atomic E-state index is 12.7. The predicted molar refractivity (Wildman–Crippen MR) is 40.7 cm³/mol. The number of aromatic nitrogens is 1. The van der Waals surface area contributed by atoms with Crippen molar-refractivity contribution in [1.82, 2.24) is 4.98 Å². The number of hydrogen-bond acceptors (Lipinski definition) is 2. The van der Waals surface area contributed by atoms with E-state index in [-0.39, 0.29) is 5.75 Å². The fourth-order valence-electron chi connectivity index (χ4n) is 0.783. The first kappa shape index (κ1) is 10.1. The van der Waals surface area contributed by atoms with E-state index in [2.05, 4.69) is 9.72 Å². The molecule has 0 atom stereocenters. The molecule has 1 rings (SSSR count). The summed E-state index contributed by atoms with van der Waals surface area (Å²) in [4.78, 5) is 3.16. The molecule has 1 aromatic rings. The molecule has 6 heteroatoms. The second-order valence-corrected chi connectivity index (χ2v) is 2.51. The summed E-state index contributed by atoms with van der Waals surface area (Å²) < 4.78 is 41.6. The summed E-state index contributed by atoms with van der Waals surface area (Å²) in [6.45, 7) is 0. The normalized spacial score (nSPS) is 10.6. The number of ether oxygens (including phenoxy) is 1. The van der Waals surface area contributed by atoms with Gasteiger partial charge < -0.3 is 4.74 Å². The van der Waals surface area contributed by atoms with E-state index in [0.29, 0.717) is 0 Å². The van der Waals surface area contributed by atoms with Gasteiger partial charge in [0.15, 0.2) is 16.7 Å². The lowest BCUT2D eigenvalue weighted by atomic mass is 10.3. The fraction of sp³-hybridized carbons (Fsp3) is 0.286. The number of rotatable bonds is 2. The standard InChI is InChI=1S/C7H5ClF3NO/c1-13-4-2-3(9)6(8)12-5(4)7(10)11/h2,7H,1H3. The fourth-order valence-corrected chi connectivity index (χ4v) is 0.928. The Morgan fingerprint density at radius 2 is 2.15 bits per heavy atom. The van der Waals surface area contributed by atoms with Gasteiger partial charge in [-0.25, -0.2) is 18.2 Å². The van der Waals surface area contributed by atoms with Gasteiger partial charge in [-0.05, 0) is 0 Å². The molecule has 0 fully saturated rings. The van der Waals surface area contributed by atoms with Crippen LogP contribution < -0.4 is 4.74 Å². The van der Waals surface area contributed by atoms with Crippen LogP contribution in [0.4, 0.5) is 13.2 Å². The van der Waals surface area contributed by atoms with Gasteiger partial charge in [0.25, 0.3) is 6.43 Å². The third-order valence-corrected chi connectivity index (χ3v) is 1.62. The highest BCUT2D eigenvalue weighted by Gasteiger charge is 2.18. The smallest absolute Gasteiger partial charge is 0.284 e. The minimum absolute atomic E-state index is 0.308. The Hall–Kier alpha value is -0.970. The van der Waals surface area contributed by atoms with E-state index in [1.54, 1.807) is 0 Å². The van der Waals surface area contributed by atoms with Gasteiger partial charge in [-0.3, -0.25) is 0 Å². The minimum atomic E-state index is -2.84. The third-order valence-electron chi connectivity index (χ3n) is 1.35. The van der Waals surface area contributed by atoms with Gasteiger partial charge >= 0.3 is 0 Å². The first-order chi connectivity index (χ1) is 6.06. The van der Waals surface area contributed by atoms with Crippen LogP contribution in [0.15, 0.2) is 6.07 Å². The molecule has 0 spiro atoms. The molecule has 0 radical (unpaired) electrons. The summed E-state index contributed by atoms with van der Waals surface area (Å²) in [7, 11) is 1.15. The third kappa shape index (κ3) is 2.03. The Bertz CT molecular complexity index is 319. The Labute approximate surface area is 77.3 Å². The van der Waals surface area contributed by atoms with E-state index in [9.17, 15) is 13.2 Å². The van der Waals surface area contributed by atoms with E-state index < -0.39 is 23.1 Å². The lowest BCUT2D eigenvalue weighted by Gasteiger charge is -2.06. The van der Waals surface area contributed by atoms with Crippen LogP contribution in [-0.4, -0.2) is 12.1 Å². The first-order valence-corrected chi connectivity index (χ1v) is 3.62. The lowest BCUT2D eigenvalue weighted by Crippen LogP contribution is -1.98. The Morgan fingerprint density at radius 3 is 2.62 bits per heavy atom. The van der Waals surface area contributed by atoms with Crippen LogP contribution in [0.5, 0.6) is 5.75 Å². The second kappa shape index (κ2) is 3.83. The highest BCUT2D eigenvalue weighted by molar-refractivity contribution is 6.29. The molecule has 0 saturated heterocycles. The largest absolute Gasteiger partial charge is 0.495 e. The quantitative estimate of drug-likeness (QED) is 0.702. The van der Waals surface area contributed by atoms with Crippen LogP contribution in [0.2, 0.25) is 5.15 Å². The van der Waals surface area contributed by atoms with E-state index in [0.717, 1.165) is 13.2 Å². The van der Waals surface area contributed by atoms with E-state index in [4.69, 9.17) is 11.6 Å². The molecule has 0 aliphatic carbocycles. The molecule has 0 saturated carbocycles. The summed E-state index contributed by atoms with van der Waals surface area (Å²) in [6, 6.07) is 0.775. The summed E-state index contributed by atoms with van der Waals surface area (Å²) >= 11 is 5.21. The zero-order valence-electron chi connectivity index (χ0n) is 6.52. The molecule has 0 bridgehead atoms. The van der Waals surface area contributed by atoms with Crippen molar-refractivity contribution in [3.8, 4) is 5.75 Å². The number of nitrogens with zero attached hydrogens (tertiary/aromatic N) is 1. The molecule has 0 N–H and O–H groups in total. The summed E-state index contributed by atoms with van der Waals surface area (Å²) in [5.41, 5.74) is -0.658. The zero-order valence-corrected chi connectivity index (χ0v) is 7.28. The number of methoxy groups -OCH3 is 1. The molecule has 1 heterocycles. The van der Waals surface area contributed by atoms with Crippen LogP contribution in [0.1, 0.15) is 12.1 Å². The van der Waals surface area contributed by atoms with Gasteiger partial charge in [0.1, 0.15) is 5.75 Å². The molecule has 13 heavy (non-hydrogen) atoms. The van der Waals surface area contributed by atoms with Crippen molar-refractivity contribution in [2.24, 2.45) is 0 Å². The van der Waals surface area contributed by atoms with E-state index in [1.165, 1.54) is 0 Å². The lowest BCUT2D eigenvalue weighted by molar-refractivity contribution is 0.141. The van der Waals surface area contributed by atoms with Gasteiger partial charge in [0.05, 0.1) is 7.11 Å². The molecule has 0 aromatic carbocycles. The Kier molecular flexibility index (Phi) is 2.98. The van der Waals surface area contributed by atoms with Crippen molar-refractivity contribution in [2.45, 2.75) is 6.43 Å². The van der Waals surface area contributed by atoms with Crippen molar-refractivity contribution in [1.29, 1.82) is 0 Å². The number of hydrogen-bond donors (Lipinski definition) is 0. The molecular formula is C7H5ClF3NO. The van der Waals surface area contributed by atoms with Crippen LogP contribution in [0.25, 0.3) is 0 Å². The van der Waals surface area contributed by atoms with Gasteiger partial charge in [-0.15, -0.1) is 0 Å². The van der Waals surface area contributed by atoms with Gasteiger partial charge in [0.2, 0.25) is 0 Å². The van der Waals surface area contributed by atoms with Crippen molar-refractivity contribution in [3.63, 3.8) is 0 Å². The molecule has 0 unspecified atom stereocenters. The van der Waals surface area contributed by atoms with Crippen LogP contribution in [-0.2, 0) is 0 Å². The van der Waals surface area contributed by atoms with Crippen molar-refractivity contribution in [3.05, 3.63) is 22.7 Å². The average molecular weight is 212 g/mol. The highest BCUT2D eigenvalue weighted by Crippen LogP contribution is 2.29. The van der Waals surface area contributed by atoms with Crippen molar-refractivity contribution in [2.75, 3.05) is 7.11 Å². The number of halogens is 4. The number of pyridine rings is 1. The zero-order chi connectivity index (χ0) is 10.0. The summed E-state index contributed by atoms with van der Waals surface area (Å²) in [6.07, 6.45) is -2.84. The Morgan fingerprint density at radius 1 is 1.54 bits per heavy atom. The highest BCUT2D eigenvalue weighted by atomic mass is 35.5. The molecule has 0 amide bonds. The van der Waals surface area contributed by atoms with Gasteiger partial charge in [-0.2, -0.15) is 0 Å². The van der Waals surface area contributed by atoms with Crippen molar-refractivity contribution < 1.29 is 17.9 Å². The molecular weight excluding hydrogens is 207 g/mol. The van der Waals surface area contributed by atoms with Gasteiger partial charge in [0, 0.05) is 6.07 Å². The monoisotopic (exact) mass is 211 g/mol. The van der Waals surface area contributed by atoms with Crippen LogP contribution in [0.3, 0.4) is 0 Å². The molecule has 2 nitrogen and oxygen atoms in total. The average Bonchev–Trinajstić information content (AvgIpc) is 2.08. The maximum atomic E-state index is 12.7. The molecule has 0 aliphatic rings. The summed E-state index contributed by atoms with van der Waals surface area (Å²) in [5, 5.41) is -0.587. The van der Waals surface area contributed by atoms with Crippen molar-refractivity contribution >= 4 is 11.6 Å². The van der Waals surface area contributed by atoms with E-state index >= 15 is 0 Å². The molecule has 72 valence electrons. The maximum Gasteiger partial charge on any atom is 0.284 e. The van der Waals surface area contributed by atoms with E-state index in [1.807, 2.05) is 0 Å². The topological polar surface area (TPSA) is 22.1 Å². The predicted octanol–water partition coefficient (Wildman–Crippen LogP) is 2.82. The SMILES string of the molecule is COc1cc(F)c(Cl)nc1C(F)F. The van der Waals surface area contributed by atoms with Gasteiger partial charge in [-0.1, -0.05) is 11.6 Å². The molecule has 0 aliphatic heterocycles. The Balaban J connectivity index is 3.25. The first-order valence-electron chi connectivity index (χ1n) is 3.24. The summed E-state index contributed by atoms with van der Waals surface area (Å²) in [5.74, 6) is -1.19. The minimum Gasteiger partial charge on any atom is -0.495 e. The second-order valence-electron chi connectivity index (χ2n) is 2.15. The number of alkyl halides is 2. The van der Waals surface area contributed by atoms with Crippen LogP contribution >= 0.6 is 11.6 Å². The van der Waals surface area contributed by atoms with Crippen LogP contribution in [0, 0.1) is 5.82 Å².